The van der Waals surface area contributed by atoms with Crippen molar-refractivity contribution in [1.29, 1.82) is 0 Å². The third-order valence-electron chi connectivity index (χ3n) is 6.79. The zero-order chi connectivity index (χ0) is 25.1. The number of nitrogens with one attached hydrogen (secondary N) is 1. The summed E-state index contributed by atoms with van der Waals surface area (Å²) in [4.78, 5) is 16.8. The minimum atomic E-state index is -1.35. The zero-order valence-corrected chi connectivity index (χ0v) is 19.9. The first-order valence-electron chi connectivity index (χ1n) is 11.3. The molecule has 1 aliphatic heterocycles. The van der Waals surface area contributed by atoms with E-state index in [0.29, 0.717) is 29.0 Å². The fraction of sp³-hybridized carbons (Fsp3) is 0.400. The fourth-order valence-electron chi connectivity index (χ4n) is 5.17. The zero-order valence-electron chi connectivity index (χ0n) is 19.9. The van der Waals surface area contributed by atoms with E-state index in [1.54, 1.807) is 20.2 Å². The maximum Gasteiger partial charge on any atom is 0.335 e. The smallest absolute Gasteiger partial charge is 0.335 e. The van der Waals surface area contributed by atoms with Crippen molar-refractivity contribution in [3.05, 3.63) is 53.4 Å². The summed E-state index contributed by atoms with van der Waals surface area (Å²) in [6.45, 7) is 6.04. The highest BCUT2D eigenvalue weighted by atomic mass is 19.2. The second-order valence-corrected chi connectivity index (χ2v) is 9.92. The molecule has 4 heterocycles. The van der Waals surface area contributed by atoms with E-state index in [0.717, 1.165) is 28.8 Å². The molecule has 1 aliphatic rings. The first-order chi connectivity index (χ1) is 16.6. The molecule has 4 aromatic rings. The van der Waals surface area contributed by atoms with Crippen molar-refractivity contribution in [3.63, 3.8) is 0 Å². The van der Waals surface area contributed by atoms with Crippen molar-refractivity contribution in [2.24, 2.45) is 0 Å². The number of carboxylic acids is 1. The molecule has 1 saturated heterocycles. The summed E-state index contributed by atoms with van der Waals surface area (Å²) in [5.74, 6) is -3.25. The van der Waals surface area contributed by atoms with Gasteiger partial charge in [0, 0.05) is 46.8 Å². The molecule has 5 rings (SSSR count). The lowest BCUT2D eigenvalue weighted by Crippen LogP contribution is -2.34. The Morgan fingerprint density at radius 2 is 2.11 bits per heavy atom. The summed E-state index contributed by atoms with van der Waals surface area (Å²) < 4.78 is 41.4. The third-order valence-corrected chi connectivity index (χ3v) is 6.79. The molecule has 2 atom stereocenters. The van der Waals surface area contributed by atoms with Gasteiger partial charge in [0.1, 0.15) is 0 Å². The van der Waals surface area contributed by atoms with E-state index in [-0.39, 0.29) is 18.9 Å². The van der Waals surface area contributed by atoms with E-state index in [9.17, 15) is 18.7 Å². The molecule has 8 nitrogen and oxygen atoms in total. The van der Waals surface area contributed by atoms with Crippen molar-refractivity contribution in [2.45, 2.75) is 44.1 Å². The summed E-state index contributed by atoms with van der Waals surface area (Å²) in [6.07, 6.45) is 1.88. The van der Waals surface area contributed by atoms with E-state index in [1.165, 1.54) is 6.07 Å². The molecule has 0 aliphatic carbocycles. The summed E-state index contributed by atoms with van der Waals surface area (Å²) in [6, 6.07) is 5.65. The van der Waals surface area contributed by atoms with Crippen LogP contribution >= 0.6 is 0 Å². The monoisotopic (exact) mass is 484 g/mol. The second-order valence-electron chi connectivity index (χ2n) is 9.92. The van der Waals surface area contributed by atoms with E-state index in [2.05, 4.69) is 10.2 Å². The Balaban J connectivity index is 1.88. The van der Waals surface area contributed by atoms with Crippen LogP contribution in [0, 0.1) is 11.6 Å². The molecule has 1 aromatic carbocycles. The van der Waals surface area contributed by atoms with Crippen LogP contribution in [-0.4, -0.2) is 56.7 Å². The Bertz CT molecular complexity index is 1460. The summed E-state index contributed by atoms with van der Waals surface area (Å²) in [5, 5.41) is 17.5. The lowest BCUT2D eigenvalue weighted by atomic mass is 9.81. The average Bonchev–Trinajstić information content (AvgIpc) is 3.50. The van der Waals surface area contributed by atoms with Crippen molar-refractivity contribution >= 4 is 28.0 Å². The van der Waals surface area contributed by atoms with Gasteiger partial charge >= 0.3 is 5.97 Å². The van der Waals surface area contributed by atoms with Crippen LogP contribution in [0.25, 0.3) is 27.8 Å². The molecule has 184 valence electrons. The number of fused-ring (bicyclic) bond motifs is 2. The number of hydrogen-bond donors (Lipinski definition) is 2. The van der Waals surface area contributed by atoms with Crippen molar-refractivity contribution < 1.29 is 28.2 Å². The predicted molar refractivity (Wildman–Crippen MR) is 125 cm³/mol. The molecule has 10 heteroatoms. The van der Waals surface area contributed by atoms with E-state index < -0.39 is 28.6 Å². The Hall–Kier alpha value is -3.37. The molecule has 35 heavy (non-hydrogen) atoms. The van der Waals surface area contributed by atoms with Crippen LogP contribution in [0.2, 0.25) is 0 Å². The summed E-state index contributed by atoms with van der Waals surface area (Å²) in [7, 11) is 1.60. The lowest BCUT2D eigenvalue weighted by Gasteiger charge is -2.29. The van der Waals surface area contributed by atoms with Crippen LogP contribution < -0.4 is 0 Å². The third kappa shape index (κ3) is 3.68. The average molecular weight is 485 g/mol. The number of aromatic amines is 1. The number of carboxylic acid groups (broad SMARTS) is 1. The summed E-state index contributed by atoms with van der Waals surface area (Å²) >= 11 is 0. The molecule has 0 unspecified atom stereocenters. The summed E-state index contributed by atoms with van der Waals surface area (Å²) in [5.41, 5.74) is 1.90. The number of aromatic nitrogens is 4. The van der Waals surface area contributed by atoms with E-state index in [1.807, 2.05) is 24.5 Å². The van der Waals surface area contributed by atoms with Gasteiger partial charge in [0.05, 0.1) is 30.4 Å². The van der Waals surface area contributed by atoms with Gasteiger partial charge in [-0.25, -0.2) is 18.6 Å². The normalized spacial score (nSPS) is 20.8. The highest BCUT2D eigenvalue weighted by Gasteiger charge is 2.46. The van der Waals surface area contributed by atoms with Crippen LogP contribution in [0.5, 0.6) is 0 Å². The van der Waals surface area contributed by atoms with Crippen LogP contribution in [0.15, 0.2) is 30.5 Å². The van der Waals surface area contributed by atoms with Gasteiger partial charge in [0.15, 0.2) is 22.9 Å². The van der Waals surface area contributed by atoms with E-state index >= 15 is 0 Å². The number of rotatable bonds is 6. The van der Waals surface area contributed by atoms with Crippen LogP contribution in [0.4, 0.5) is 8.78 Å². The highest BCUT2D eigenvalue weighted by Crippen LogP contribution is 2.46. The van der Waals surface area contributed by atoms with Gasteiger partial charge in [-0.1, -0.05) is 13.8 Å². The molecule has 0 amide bonds. The lowest BCUT2D eigenvalue weighted by molar-refractivity contribution is -0.157. The Kier molecular flexibility index (Phi) is 5.41. The highest BCUT2D eigenvalue weighted by molar-refractivity contribution is 5.94. The number of H-pyrrole nitrogens is 1. The van der Waals surface area contributed by atoms with Gasteiger partial charge in [0.25, 0.3) is 0 Å². The molecule has 0 spiro atoms. The number of halogens is 2. The predicted octanol–water partition coefficient (Wildman–Crippen LogP) is 4.45. The maximum absolute atomic E-state index is 14.4. The standard InChI is InChI=1S/C25H26F2N4O4/c1-24(2,12-34-4)21-19(14-9-25(3,23(32)33)35-11-14)20-18(7-13-10-28-30-22(13)29-20)31(21)15-5-6-16(26)17(27)8-15/h5-8,10,14H,9,11-12H2,1-4H3,(H,32,33)(H,28,29,30)/t14-,25+/m1/s1. The van der Waals surface area contributed by atoms with Gasteiger partial charge in [-0.3, -0.25) is 5.10 Å². The van der Waals surface area contributed by atoms with Crippen LogP contribution in [0.3, 0.4) is 0 Å². The van der Waals surface area contributed by atoms with Gasteiger partial charge in [-0.05, 0) is 31.5 Å². The number of methoxy groups -OCH3 is 1. The van der Waals surface area contributed by atoms with Gasteiger partial charge < -0.3 is 19.1 Å². The topological polar surface area (TPSA) is 102 Å². The molecule has 0 bridgehead atoms. The second kappa shape index (κ2) is 8.10. The number of aliphatic carboxylic acids is 1. The van der Waals surface area contributed by atoms with Crippen LogP contribution in [0.1, 0.15) is 44.4 Å². The number of benzene rings is 1. The van der Waals surface area contributed by atoms with Crippen molar-refractivity contribution in [3.8, 4) is 5.69 Å². The minimum absolute atomic E-state index is 0.179. The number of ether oxygens (including phenoxy) is 2. The number of pyridine rings is 1. The fourth-order valence-corrected chi connectivity index (χ4v) is 5.17. The minimum Gasteiger partial charge on any atom is -0.479 e. The van der Waals surface area contributed by atoms with Gasteiger partial charge in [-0.15, -0.1) is 0 Å². The molecule has 0 radical (unpaired) electrons. The largest absolute Gasteiger partial charge is 0.479 e. The maximum atomic E-state index is 14.4. The molecule has 2 N–H and O–H groups in total. The number of carbonyl (C=O) groups is 1. The first kappa shape index (κ1) is 23.4. The molecular weight excluding hydrogens is 458 g/mol. The molecule has 1 fully saturated rings. The SMILES string of the molecule is COCC(C)(C)c1c([C@H]2CO[C@](C)(C(=O)O)C2)c2nc3[nH]ncc3cc2n1-c1ccc(F)c(F)c1. The van der Waals surface area contributed by atoms with Crippen molar-refractivity contribution in [2.75, 3.05) is 20.3 Å². The molecule has 3 aromatic heterocycles. The number of nitrogens with zero attached hydrogens (tertiary/aromatic N) is 3. The Morgan fingerprint density at radius 1 is 1.34 bits per heavy atom. The van der Waals surface area contributed by atoms with Gasteiger partial charge in [-0.2, -0.15) is 5.10 Å². The Morgan fingerprint density at radius 3 is 2.77 bits per heavy atom. The quantitative estimate of drug-likeness (QED) is 0.419. The first-order valence-corrected chi connectivity index (χ1v) is 11.3. The van der Waals surface area contributed by atoms with Gasteiger partial charge in [0.2, 0.25) is 0 Å². The molecular formula is C25H26F2N4O4. The van der Waals surface area contributed by atoms with Crippen LogP contribution in [-0.2, 0) is 19.7 Å². The molecule has 0 saturated carbocycles. The number of hydrogen-bond acceptors (Lipinski definition) is 5. The Labute approximate surface area is 199 Å². The van der Waals surface area contributed by atoms with Crippen molar-refractivity contribution in [1.82, 2.24) is 19.7 Å². The van der Waals surface area contributed by atoms with E-state index in [4.69, 9.17) is 14.5 Å².